The van der Waals surface area contributed by atoms with Gasteiger partial charge in [-0.1, -0.05) is 19.1 Å². The Hall–Kier alpha value is -2.50. The average molecular weight is 409 g/mol. The highest BCUT2D eigenvalue weighted by Gasteiger charge is 2.26. The molecular formula is C24H36N6. The second-order valence-electron chi connectivity index (χ2n) is 8.89. The molecule has 2 fully saturated rings. The summed E-state index contributed by atoms with van der Waals surface area (Å²) in [5.41, 5.74) is 3.95. The third-order valence-electron chi connectivity index (χ3n) is 6.52. The normalized spacial score (nSPS) is 20.8. The number of likely N-dealkylation sites (tertiary alicyclic amines) is 1. The minimum absolute atomic E-state index is 0.536. The van der Waals surface area contributed by atoms with Gasteiger partial charge in [0.15, 0.2) is 5.96 Å². The third-order valence-corrected chi connectivity index (χ3v) is 6.52. The number of hydrogen-bond donors (Lipinski definition) is 1. The molecule has 0 radical (unpaired) electrons. The van der Waals surface area contributed by atoms with Gasteiger partial charge in [0, 0.05) is 57.6 Å². The highest BCUT2D eigenvalue weighted by Crippen LogP contribution is 2.27. The molecule has 2 saturated heterocycles. The SMILES string of the molecule is CCNC(=NCc1ccc(N2CCC(C)CC2)cc1)N1CCC(c2cnn(C)c2)C1. The Bertz CT molecular complexity index is 832. The Balaban J connectivity index is 1.37. The summed E-state index contributed by atoms with van der Waals surface area (Å²) in [6, 6.07) is 9.01. The zero-order valence-corrected chi connectivity index (χ0v) is 18.7. The molecule has 1 atom stereocenters. The fourth-order valence-electron chi connectivity index (χ4n) is 4.55. The van der Waals surface area contributed by atoms with Crippen LogP contribution in [0.25, 0.3) is 0 Å². The van der Waals surface area contributed by atoms with Gasteiger partial charge in [0.1, 0.15) is 0 Å². The number of rotatable bonds is 5. The molecule has 2 aliphatic heterocycles. The molecule has 6 nitrogen and oxygen atoms in total. The zero-order chi connectivity index (χ0) is 20.9. The molecule has 0 aliphatic carbocycles. The average Bonchev–Trinajstić information content (AvgIpc) is 3.41. The van der Waals surface area contributed by atoms with E-state index in [2.05, 4.69) is 64.5 Å². The first-order valence-corrected chi connectivity index (χ1v) is 11.5. The van der Waals surface area contributed by atoms with Gasteiger partial charge in [-0.25, -0.2) is 4.99 Å². The minimum Gasteiger partial charge on any atom is -0.372 e. The van der Waals surface area contributed by atoms with Crippen molar-refractivity contribution in [2.75, 3.05) is 37.6 Å². The van der Waals surface area contributed by atoms with Crippen molar-refractivity contribution in [2.24, 2.45) is 18.0 Å². The number of nitrogens with one attached hydrogen (secondary N) is 1. The monoisotopic (exact) mass is 408 g/mol. The predicted octanol–water partition coefficient (Wildman–Crippen LogP) is 3.61. The Morgan fingerprint density at radius 2 is 1.90 bits per heavy atom. The number of piperidine rings is 1. The molecule has 2 aliphatic rings. The number of aliphatic imine (C=N–C) groups is 1. The molecule has 0 amide bonds. The standard InChI is InChI=1S/C24H36N6/c1-4-25-24(30-14-11-21(18-30)22-16-27-28(3)17-22)26-15-20-5-7-23(8-6-20)29-12-9-19(2)10-13-29/h5-8,16-17,19,21H,4,9-15,18H2,1-3H3,(H,25,26). The van der Waals surface area contributed by atoms with Gasteiger partial charge in [0.05, 0.1) is 12.7 Å². The molecule has 30 heavy (non-hydrogen) atoms. The predicted molar refractivity (Wildman–Crippen MR) is 124 cm³/mol. The molecular weight excluding hydrogens is 372 g/mol. The van der Waals surface area contributed by atoms with E-state index in [1.54, 1.807) is 0 Å². The molecule has 0 spiro atoms. The van der Waals surface area contributed by atoms with Crippen molar-refractivity contribution in [3.63, 3.8) is 0 Å². The van der Waals surface area contributed by atoms with Gasteiger partial charge >= 0.3 is 0 Å². The number of aryl methyl sites for hydroxylation is 1. The van der Waals surface area contributed by atoms with Crippen molar-refractivity contribution in [2.45, 2.75) is 45.6 Å². The van der Waals surface area contributed by atoms with Gasteiger partial charge in [-0.05, 0) is 55.4 Å². The summed E-state index contributed by atoms with van der Waals surface area (Å²) < 4.78 is 1.89. The molecule has 0 saturated carbocycles. The highest BCUT2D eigenvalue weighted by atomic mass is 15.3. The van der Waals surface area contributed by atoms with Gasteiger partial charge in [0.25, 0.3) is 0 Å². The van der Waals surface area contributed by atoms with Crippen LogP contribution in [-0.4, -0.2) is 53.4 Å². The van der Waals surface area contributed by atoms with E-state index in [0.29, 0.717) is 12.5 Å². The summed E-state index contributed by atoms with van der Waals surface area (Å²) in [5, 5.41) is 7.82. The van der Waals surface area contributed by atoms with Gasteiger partial charge < -0.3 is 15.1 Å². The maximum Gasteiger partial charge on any atom is 0.194 e. The molecule has 2 aromatic rings. The maximum atomic E-state index is 4.95. The van der Waals surface area contributed by atoms with Crippen LogP contribution in [0, 0.1) is 5.92 Å². The number of anilines is 1. The lowest BCUT2D eigenvalue weighted by Gasteiger charge is -2.32. The van der Waals surface area contributed by atoms with Crippen molar-refractivity contribution in [1.82, 2.24) is 20.0 Å². The summed E-state index contributed by atoms with van der Waals surface area (Å²) in [7, 11) is 1.98. The largest absolute Gasteiger partial charge is 0.372 e. The van der Waals surface area contributed by atoms with Crippen LogP contribution < -0.4 is 10.2 Å². The quantitative estimate of drug-likeness (QED) is 0.607. The van der Waals surface area contributed by atoms with Gasteiger partial charge in [-0.15, -0.1) is 0 Å². The fourth-order valence-corrected chi connectivity index (χ4v) is 4.55. The number of nitrogens with zero attached hydrogens (tertiary/aromatic N) is 5. The minimum atomic E-state index is 0.536. The summed E-state index contributed by atoms with van der Waals surface area (Å²) >= 11 is 0. The Kier molecular flexibility index (Phi) is 6.60. The topological polar surface area (TPSA) is 48.7 Å². The summed E-state index contributed by atoms with van der Waals surface area (Å²) in [6.45, 7) is 10.5. The second-order valence-corrected chi connectivity index (χ2v) is 8.89. The van der Waals surface area contributed by atoms with Crippen LogP contribution in [-0.2, 0) is 13.6 Å². The molecule has 1 aromatic carbocycles. The van der Waals surface area contributed by atoms with Crippen molar-refractivity contribution >= 4 is 11.6 Å². The van der Waals surface area contributed by atoms with Crippen LogP contribution in [0.5, 0.6) is 0 Å². The lowest BCUT2D eigenvalue weighted by molar-refractivity contribution is 0.438. The van der Waals surface area contributed by atoms with E-state index < -0.39 is 0 Å². The Morgan fingerprint density at radius 3 is 2.57 bits per heavy atom. The number of hydrogen-bond acceptors (Lipinski definition) is 3. The molecule has 4 rings (SSSR count). The van der Waals surface area contributed by atoms with Crippen LogP contribution in [0.1, 0.15) is 50.2 Å². The van der Waals surface area contributed by atoms with Gasteiger partial charge in [-0.3, -0.25) is 4.68 Å². The smallest absolute Gasteiger partial charge is 0.194 e. The third kappa shape index (κ3) is 4.97. The lowest BCUT2D eigenvalue weighted by Crippen LogP contribution is -2.40. The van der Waals surface area contributed by atoms with Crippen LogP contribution in [0.3, 0.4) is 0 Å². The summed E-state index contributed by atoms with van der Waals surface area (Å²) in [6.07, 6.45) is 7.90. The van der Waals surface area contributed by atoms with Gasteiger partial charge in [0.2, 0.25) is 0 Å². The molecule has 3 heterocycles. The van der Waals surface area contributed by atoms with Crippen LogP contribution in [0.15, 0.2) is 41.7 Å². The first-order valence-electron chi connectivity index (χ1n) is 11.5. The van der Waals surface area contributed by atoms with E-state index in [4.69, 9.17) is 4.99 Å². The molecule has 0 bridgehead atoms. The molecule has 1 aromatic heterocycles. The van der Waals surface area contributed by atoms with E-state index in [0.717, 1.165) is 37.9 Å². The highest BCUT2D eigenvalue weighted by molar-refractivity contribution is 5.80. The molecule has 6 heteroatoms. The van der Waals surface area contributed by atoms with Crippen molar-refractivity contribution in [3.05, 3.63) is 47.8 Å². The van der Waals surface area contributed by atoms with E-state index >= 15 is 0 Å². The van der Waals surface area contributed by atoms with Crippen molar-refractivity contribution in [3.8, 4) is 0 Å². The Morgan fingerprint density at radius 1 is 1.13 bits per heavy atom. The van der Waals surface area contributed by atoms with E-state index in [1.165, 1.54) is 42.7 Å². The number of aromatic nitrogens is 2. The van der Waals surface area contributed by atoms with Crippen LogP contribution in [0.2, 0.25) is 0 Å². The van der Waals surface area contributed by atoms with E-state index in [-0.39, 0.29) is 0 Å². The van der Waals surface area contributed by atoms with Crippen molar-refractivity contribution in [1.29, 1.82) is 0 Å². The molecule has 1 unspecified atom stereocenters. The number of benzene rings is 1. The van der Waals surface area contributed by atoms with Crippen molar-refractivity contribution < 1.29 is 0 Å². The lowest BCUT2D eigenvalue weighted by atomic mass is 9.99. The van der Waals surface area contributed by atoms with E-state index in [1.807, 2.05) is 17.9 Å². The first-order chi connectivity index (χ1) is 14.6. The first kappa shape index (κ1) is 20.8. The molecule has 162 valence electrons. The fraction of sp³-hybridized carbons (Fsp3) is 0.583. The summed E-state index contributed by atoms with van der Waals surface area (Å²) in [4.78, 5) is 9.86. The zero-order valence-electron chi connectivity index (χ0n) is 18.7. The van der Waals surface area contributed by atoms with Crippen LogP contribution in [0.4, 0.5) is 5.69 Å². The second kappa shape index (κ2) is 9.54. The maximum absolute atomic E-state index is 4.95. The Labute approximate surface area is 181 Å². The molecule has 1 N–H and O–H groups in total. The summed E-state index contributed by atoms with van der Waals surface area (Å²) in [5.74, 6) is 2.43. The van der Waals surface area contributed by atoms with Gasteiger partial charge in [-0.2, -0.15) is 5.10 Å². The van der Waals surface area contributed by atoms with Crippen LogP contribution >= 0.6 is 0 Å². The number of guanidine groups is 1. The van der Waals surface area contributed by atoms with E-state index in [9.17, 15) is 0 Å².